The number of nitrogens with one attached hydrogen (secondary N) is 1. The molecule has 0 saturated carbocycles. The fraction of sp³-hybridized carbons (Fsp3) is 0.900. The molecule has 4 heteroatoms. The predicted molar refractivity (Wildman–Crippen MR) is 55.1 cm³/mol. The van der Waals surface area contributed by atoms with E-state index < -0.39 is 0 Å². The van der Waals surface area contributed by atoms with Gasteiger partial charge in [-0.2, -0.15) is 0 Å². The van der Waals surface area contributed by atoms with E-state index in [0.29, 0.717) is 13.2 Å². The lowest BCUT2D eigenvalue weighted by Gasteiger charge is -2.38. The van der Waals surface area contributed by atoms with Gasteiger partial charge in [-0.25, -0.2) is 0 Å². The number of nitrogens with zero attached hydrogens (tertiary/aromatic N) is 1. The van der Waals surface area contributed by atoms with Crippen LogP contribution in [-0.4, -0.2) is 49.7 Å². The maximum absolute atomic E-state index is 11.7. The first-order valence-corrected chi connectivity index (χ1v) is 5.24. The van der Waals surface area contributed by atoms with Crippen LogP contribution in [0.1, 0.15) is 20.3 Å². The third-order valence-corrected chi connectivity index (χ3v) is 2.59. The highest BCUT2D eigenvalue weighted by atomic mass is 16.5. The normalized spacial score (nSPS) is 27.8. The highest BCUT2D eigenvalue weighted by Crippen LogP contribution is 2.14. The number of carbonyl (C=O) groups excluding carboxylic acids is 1. The van der Waals surface area contributed by atoms with Crippen LogP contribution in [0.3, 0.4) is 0 Å². The summed E-state index contributed by atoms with van der Waals surface area (Å²) in [7, 11) is 1.79. The molecule has 1 rings (SSSR count). The molecule has 1 amide bonds. The Morgan fingerprint density at radius 3 is 2.93 bits per heavy atom. The second kappa shape index (κ2) is 5.32. The number of ether oxygens (including phenoxy) is 1. The molecule has 1 aliphatic heterocycles. The van der Waals surface area contributed by atoms with Crippen LogP contribution in [0.5, 0.6) is 0 Å². The lowest BCUT2D eigenvalue weighted by atomic mass is 10.1. The van der Waals surface area contributed by atoms with Crippen molar-refractivity contribution >= 4 is 5.91 Å². The Morgan fingerprint density at radius 2 is 2.36 bits per heavy atom. The van der Waals surface area contributed by atoms with Crippen LogP contribution in [0.4, 0.5) is 0 Å². The van der Waals surface area contributed by atoms with E-state index in [1.165, 1.54) is 0 Å². The van der Waals surface area contributed by atoms with Crippen LogP contribution in [0.15, 0.2) is 0 Å². The van der Waals surface area contributed by atoms with Gasteiger partial charge in [0, 0.05) is 6.54 Å². The van der Waals surface area contributed by atoms with Gasteiger partial charge in [-0.15, -0.1) is 0 Å². The fourth-order valence-corrected chi connectivity index (χ4v) is 1.74. The number of amides is 1. The monoisotopic (exact) mass is 200 g/mol. The smallest absolute Gasteiger partial charge is 0.236 e. The summed E-state index contributed by atoms with van der Waals surface area (Å²) in [5.41, 5.74) is 0. The van der Waals surface area contributed by atoms with E-state index in [1.807, 2.05) is 11.8 Å². The summed E-state index contributed by atoms with van der Waals surface area (Å²) in [6.07, 6.45) is 1.13. The van der Waals surface area contributed by atoms with Crippen molar-refractivity contribution in [3.05, 3.63) is 0 Å². The molecule has 2 atom stereocenters. The number of rotatable bonds is 3. The molecular weight excluding hydrogens is 180 g/mol. The SMILES string of the molecule is CCC1COC(C)CN1C(=O)CNC. The number of likely N-dealkylation sites (N-methyl/N-ethyl adjacent to an activating group) is 1. The Morgan fingerprint density at radius 1 is 1.64 bits per heavy atom. The molecule has 0 spiro atoms. The minimum atomic E-state index is 0.165. The molecule has 82 valence electrons. The van der Waals surface area contributed by atoms with Crippen LogP contribution in [0.2, 0.25) is 0 Å². The molecular formula is C10H20N2O2. The summed E-state index contributed by atoms with van der Waals surface area (Å²) in [4.78, 5) is 13.7. The summed E-state index contributed by atoms with van der Waals surface area (Å²) in [6.45, 7) is 5.91. The molecule has 1 aliphatic rings. The van der Waals surface area contributed by atoms with E-state index in [-0.39, 0.29) is 18.1 Å². The van der Waals surface area contributed by atoms with Crippen molar-refractivity contribution < 1.29 is 9.53 Å². The van der Waals surface area contributed by atoms with Crippen molar-refractivity contribution in [2.24, 2.45) is 0 Å². The molecule has 0 aromatic rings. The number of hydrogen-bond donors (Lipinski definition) is 1. The molecule has 0 aromatic heterocycles. The zero-order valence-corrected chi connectivity index (χ0v) is 9.25. The van der Waals surface area contributed by atoms with E-state index in [1.54, 1.807) is 7.05 Å². The molecule has 14 heavy (non-hydrogen) atoms. The topological polar surface area (TPSA) is 41.6 Å². The van der Waals surface area contributed by atoms with Gasteiger partial charge in [0.25, 0.3) is 0 Å². The highest BCUT2D eigenvalue weighted by molar-refractivity contribution is 5.78. The molecule has 1 saturated heterocycles. The Kier molecular flexibility index (Phi) is 4.35. The first-order valence-electron chi connectivity index (χ1n) is 5.24. The molecule has 4 nitrogen and oxygen atoms in total. The molecule has 1 fully saturated rings. The van der Waals surface area contributed by atoms with E-state index in [0.717, 1.165) is 13.0 Å². The molecule has 1 heterocycles. The average Bonchev–Trinajstić information content (AvgIpc) is 2.18. The van der Waals surface area contributed by atoms with E-state index in [2.05, 4.69) is 12.2 Å². The van der Waals surface area contributed by atoms with E-state index in [4.69, 9.17) is 4.74 Å². The van der Waals surface area contributed by atoms with Gasteiger partial charge < -0.3 is 15.0 Å². The Bertz CT molecular complexity index is 197. The van der Waals surface area contributed by atoms with Crippen LogP contribution in [-0.2, 0) is 9.53 Å². The van der Waals surface area contributed by atoms with Crippen LogP contribution in [0, 0.1) is 0 Å². The van der Waals surface area contributed by atoms with Gasteiger partial charge in [-0.3, -0.25) is 4.79 Å². The Labute approximate surface area is 85.6 Å². The highest BCUT2D eigenvalue weighted by Gasteiger charge is 2.28. The van der Waals surface area contributed by atoms with Gasteiger partial charge in [-0.1, -0.05) is 6.92 Å². The molecule has 2 unspecified atom stereocenters. The Hall–Kier alpha value is -0.610. The minimum absolute atomic E-state index is 0.165. The maximum atomic E-state index is 11.7. The second-order valence-electron chi connectivity index (χ2n) is 3.78. The fourth-order valence-electron chi connectivity index (χ4n) is 1.74. The van der Waals surface area contributed by atoms with Gasteiger partial charge in [0.15, 0.2) is 0 Å². The van der Waals surface area contributed by atoms with Crippen LogP contribution < -0.4 is 5.32 Å². The summed E-state index contributed by atoms with van der Waals surface area (Å²) < 4.78 is 5.53. The van der Waals surface area contributed by atoms with Gasteiger partial charge in [-0.05, 0) is 20.4 Å². The molecule has 0 aromatic carbocycles. The summed E-state index contributed by atoms with van der Waals surface area (Å²) in [5.74, 6) is 0.175. The largest absolute Gasteiger partial charge is 0.375 e. The quantitative estimate of drug-likeness (QED) is 0.709. The maximum Gasteiger partial charge on any atom is 0.236 e. The zero-order valence-electron chi connectivity index (χ0n) is 9.25. The molecule has 1 N–H and O–H groups in total. The van der Waals surface area contributed by atoms with Gasteiger partial charge in [0.05, 0.1) is 25.3 Å². The molecule has 0 radical (unpaired) electrons. The van der Waals surface area contributed by atoms with Crippen LogP contribution in [0.25, 0.3) is 0 Å². The van der Waals surface area contributed by atoms with Gasteiger partial charge in [0.2, 0.25) is 5.91 Å². The standard InChI is InChI=1S/C10H20N2O2/c1-4-9-7-14-8(2)6-12(9)10(13)5-11-3/h8-9,11H,4-7H2,1-3H3. The summed E-state index contributed by atoms with van der Waals surface area (Å²) in [6, 6.07) is 0.257. The van der Waals surface area contributed by atoms with Crippen molar-refractivity contribution in [3.8, 4) is 0 Å². The van der Waals surface area contributed by atoms with Gasteiger partial charge >= 0.3 is 0 Å². The van der Waals surface area contributed by atoms with E-state index >= 15 is 0 Å². The predicted octanol–water partition coefficient (Wildman–Crippen LogP) is 0.232. The van der Waals surface area contributed by atoms with E-state index in [9.17, 15) is 4.79 Å². The molecule has 0 bridgehead atoms. The van der Waals surface area contributed by atoms with Crippen LogP contribution >= 0.6 is 0 Å². The summed E-state index contributed by atoms with van der Waals surface area (Å²) in [5, 5.41) is 2.89. The van der Waals surface area contributed by atoms with Crippen molar-refractivity contribution in [1.29, 1.82) is 0 Å². The summed E-state index contributed by atoms with van der Waals surface area (Å²) >= 11 is 0. The lowest BCUT2D eigenvalue weighted by molar-refractivity contribution is -0.143. The first kappa shape index (κ1) is 11.5. The first-order chi connectivity index (χ1) is 6.69. The average molecular weight is 200 g/mol. The zero-order chi connectivity index (χ0) is 10.6. The van der Waals surface area contributed by atoms with Gasteiger partial charge in [0.1, 0.15) is 0 Å². The number of hydrogen-bond acceptors (Lipinski definition) is 3. The second-order valence-corrected chi connectivity index (χ2v) is 3.78. The van der Waals surface area contributed by atoms with Crippen molar-refractivity contribution in [2.45, 2.75) is 32.4 Å². The lowest BCUT2D eigenvalue weighted by Crippen LogP contribution is -2.53. The number of morpholine rings is 1. The van der Waals surface area contributed by atoms with Crippen molar-refractivity contribution in [1.82, 2.24) is 10.2 Å². The third-order valence-electron chi connectivity index (χ3n) is 2.59. The molecule has 0 aliphatic carbocycles. The van der Waals surface area contributed by atoms with Crippen molar-refractivity contribution in [2.75, 3.05) is 26.7 Å². The Balaban J connectivity index is 2.56. The minimum Gasteiger partial charge on any atom is -0.375 e. The number of carbonyl (C=O) groups is 1. The van der Waals surface area contributed by atoms with Crippen molar-refractivity contribution in [3.63, 3.8) is 0 Å². The third kappa shape index (κ3) is 2.69.